The largest absolute Gasteiger partial charge is 0.416 e. The number of aromatic nitrogens is 2. The summed E-state index contributed by atoms with van der Waals surface area (Å²) in [6.45, 7) is 3.28. The van der Waals surface area contributed by atoms with Crippen LogP contribution < -0.4 is 4.90 Å². The number of benzene rings is 2. The molecule has 2 aromatic carbocycles. The van der Waals surface area contributed by atoms with Crippen molar-refractivity contribution in [2.45, 2.75) is 13.1 Å². The summed E-state index contributed by atoms with van der Waals surface area (Å²) in [4.78, 5) is 25.1. The van der Waals surface area contributed by atoms with Crippen molar-refractivity contribution in [2.24, 2.45) is 0 Å². The van der Waals surface area contributed by atoms with Gasteiger partial charge < -0.3 is 9.80 Å². The first kappa shape index (κ1) is 21.7. The van der Waals surface area contributed by atoms with Crippen LogP contribution in [0.3, 0.4) is 0 Å². The molecule has 0 aliphatic carbocycles. The molecule has 1 fully saturated rings. The molecule has 166 valence electrons. The average Bonchev–Trinajstić information content (AvgIpc) is 2.79. The van der Waals surface area contributed by atoms with E-state index in [1.165, 1.54) is 24.4 Å². The van der Waals surface area contributed by atoms with Crippen molar-refractivity contribution in [3.05, 3.63) is 77.4 Å². The van der Waals surface area contributed by atoms with Crippen molar-refractivity contribution < 1.29 is 22.4 Å². The highest BCUT2D eigenvalue weighted by Crippen LogP contribution is 2.32. The van der Waals surface area contributed by atoms with Gasteiger partial charge in [-0.05, 0) is 49.4 Å². The Balaban J connectivity index is 1.44. The van der Waals surface area contributed by atoms with Crippen molar-refractivity contribution >= 4 is 11.6 Å². The number of carbonyl (C=O) groups is 1. The highest BCUT2D eigenvalue weighted by molar-refractivity contribution is 5.95. The number of halogens is 4. The van der Waals surface area contributed by atoms with Gasteiger partial charge in [-0.3, -0.25) is 4.79 Å². The molecule has 1 aliphatic rings. The number of aryl methyl sites for hydroxylation is 1. The Bertz CT molecular complexity index is 1120. The number of nitrogens with zero attached hydrogens (tertiary/aromatic N) is 4. The van der Waals surface area contributed by atoms with Gasteiger partial charge in [-0.25, -0.2) is 14.4 Å². The molecule has 0 bridgehead atoms. The molecule has 0 spiro atoms. The van der Waals surface area contributed by atoms with Gasteiger partial charge in [-0.2, -0.15) is 13.2 Å². The number of carbonyl (C=O) groups excluding carboxylic acids is 1. The van der Waals surface area contributed by atoms with E-state index in [0.717, 1.165) is 12.1 Å². The van der Waals surface area contributed by atoms with Gasteiger partial charge in [0.1, 0.15) is 5.82 Å². The lowest BCUT2D eigenvalue weighted by Crippen LogP contribution is -2.49. The first-order valence-electron chi connectivity index (χ1n) is 10.0. The molecule has 0 unspecified atom stereocenters. The Labute approximate surface area is 182 Å². The number of anilines is 1. The maximum atomic E-state index is 13.1. The van der Waals surface area contributed by atoms with Crippen LogP contribution in [-0.2, 0) is 6.18 Å². The summed E-state index contributed by atoms with van der Waals surface area (Å²) >= 11 is 0. The molecule has 3 aromatic rings. The molecule has 1 amide bonds. The molecule has 2 heterocycles. The normalized spacial score (nSPS) is 14.5. The SMILES string of the molecule is Cc1nc(-c2ccc(F)cc2)ncc1C(=O)N1CCN(c2cccc(C(F)(F)F)c2)CC1. The molecular weight excluding hydrogens is 424 g/mol. The lowest BCUT2D eigenvalue weighted by atomic mass is 10.1. The maximum absolute atomic E-state index is 13.1. The van der Waals surface area contributed by atoms with Gasteiger partial charge in [0.2, 0.25) is 0 Å². The monoisotopic (exact) mass is 444 g/mol. The second-order valence-corrected chi connectivity index (χ2v) is 7.53. The van der Waals surface area contributed by atoms with Crippen molar-refractivity contribution in [3.8, 4) is 11.4 Å². The molecule has 0 saturated carbocycles. The molecule has 1 aromatic heterocycles. The predicted octanol–water partition coefficient (Wildman–Crippen LogP) is 4.57. The summed E-state index contributed by atoms with van der Waals surface area (Å²) in [5.41, 5.74) is 1.30. The smallest absolute Gasteiger partial charge is 0.368 e. The van der Waals surface area contributed by atoms with Crippen molar-refractivity contribution in [1.82, 2.24) is 14.9 Å². The van der Waals surface area contributed by atoms with Gasteiger partial charge in [-0.15, -0.1) is 0 Å². The van der Waals surface area contributed by atoms with Crippen LogP contribution in [0.25, 0.3) is 11.4 Å². The molecule has 5 nitrogen and oxygen atoms in total. The van der Waals surface area contributed by atoms with E-state index >= 15 is 0 Å². The van der Waals surface area contributed by atoms with E-state index in [-0.39, 0.29) is 11.7 Å². The first-order chi connectivity index (χ1) is 15.2. The third-order valence-electron chi connectivity index (χ3n) is 5.42. The number of amides is 1. The van der Waals surface area contributed by atoms with E-state index in [1.54, 1.807) is 30.0 Å². The van der Waals surface area contributed by atoms with Crippen LogP contribution in [0.15, 0.2) is 54.7 Å². The van der Waals surface area contributed by atoms with Crippen LogP contribution >= 0.6 is 0 Å². The Morgan fingerprint density at radius 2 is 1.69 bits per heavy atom. The summed E-state index contributed by atoms with van der Waals surface area (Å²) in [5, 5.41) is 0. The second-order valence-electron chi connectivity index (χ2n) is 7.53. The Hall–Kier alpha value is -3.49. The minimum Gasteiger partial charge on any atom is -0.368 e. The van der Waals surface area contributed by atoms with Crippen molar-refractivity contribution in [1.29, 1.82) is 0 Å². The maximum Gasteiger partial charge on any atom is 0.416 e. The van der Waals surface area contributed by atoms with E-state index in [1.807, 2.05) is 4.90 Å². The Morgan fingerprint density at radius 1 is 1.00 bits per heavy atom. The summed E-state index contributed by atoms with van der Waals surface area (Å²) in [6, 6.07) is 11.0. The summed E-state index contributed by atoms with van der Waals surface area (Å²) in [5.74, 6) is -0.188. The number of rotatable bonds is 3. The fourth-order valence-electron chi connectivity index (χ4n) is 3.63. The average molecular weight is 444 g/mol. The van der Waals surface area contributed by atoms with Gasteiger partial charge >= 0.3 is 6.18 Å². The Kier molecular flexibility index (Phi) is 5.82. The van der Waals surface area contributed by atoms with Gasteiger partial charge in [0.15, 0.2) is 5.82 Å². The third-order valence-corrected chi connectivity index (χ3v) is 5.42. The molecule has 1 aliphatic heterocycles. The summed E-state index contributed by atoms with van der Waals surface area (Å²) in [6.07, 6.45) is -2.94. The minimum atomic E-state index is -4.40. The van der Waals surface area contributed by atoms with Crippen LogP contribution in [0.4, 0.5) is 23.2 Å². The van der Waals surface area contributed by atoms with Crippen molar-refractivity contribution in [3.63, 3.8) is 0 Å². The molecule has 32 heavy (non-hydrogen) atoms. The third kappa shape index (κ3) is 4.56. The standard InChI is InChI=1S/C23H20F4N4O/c1-15-20(14-28-21(29-15)16-5-7-18(24)8-6-16)22(32)31-11-9-30(10-12-31)19-4-2-3-17(13-19)23(25,26)27/h2-8,13-14H,9-12H2,1H3. The number of hydrogen-bond donors (Lipinski definition) is 0. The topological polar surface area (TPSA) is 49.3 Å². The minimum absolute atomic E-state index is 0.225. The lowest BCUT2D eigenvalue weighted by molar-refractivity contribution is -0.137. The predicted molar refractivity (Wildman–Crippen MR) is 112 cm³/mol. The summed E-state index contributed by atoms with van der Waals surface area (Å²) in [7, 11) is 0. The van der Waals surface area contributed by atoms with E-state index in [4.69, 9.17) is 0 Å². The Morgan fingerprint density at radius 3 is 2.31 bits per heavy atom. The summed E-state index contributed by atoms with van der Waals surface area (Å²) < 4.78 is 52.1. The molecule has 9 heteroatoms. The zero-order valence-corrected chi connectivity index (χ0v) is 17.2. The quantitative estimate of drug-likeness (QED) is 0.556. The fraction of sp³-hybridized carbons (Fsp3) is 0.261. The molecule has 0 radical (unpaired) electrons. The van der Waals surface area contributed by atoms with Crippen LogP contribution in [0.1, 0.15) is 21.6 Å². The fourth-order valence-corrected chi connectivity index (χ4v) is 3.63. The van der Waals surface area contributed by atoms with Gasteiger partial charge in [0.05, 0.1) is 16.8 Å². The zero-order chi connectivity index (χ0) is 22.9. The molecule has 0 N–H and O–H groups in total. The number of alkyl halides is 3. The van der Waals surface area contributed by atoms with E-state index in [9.17, 15) is 22.4 Å². The zero-order valence-electron chi connectivity index (χ0n) is 17.2. The first-order valence-corrected chi connectivity index (χ1v) is 10.0. The highest BCUT2D eigenvalue weighted by atomic mass is 19.4. The van der Waals surface area contributed by atoms with Gasteiger partial charge in [0, 0.05) is 43.6 Å². The van der Waals surface area contributed by atoms with Crippen LogP contribution in [0.2, 0.25) is 0 Å². The van der Waals surface area contributed by atoms with Gasteiger partial charge in [0.25, 0.3) is 5.91 Å². The highest BCUT2D eigenvalue weighted by Gasteiger charge is 2.31. The van der Waals surface area contributed by atoms with Gasteiger partial charge in [-0.1, -0.05) is 6.07 Å². The van der Waals surface area contributed by atoms with Crippen LogP contribution in [0, 0.1) is 12.7 Å². The molecule has 0 atom stereocenters. The van der Waals surface area contributed by atoms with Crippen molar-refractivity contribution in [2.75, 3.05) is 31.1 Å². The second kappa shape index (κ2) is 8.57. The molecule has 4 rings (SSSR count). The molecule has 1 saturated heterocycles. The molecular formula is C23H20F4N4O. The van der Waals surface area contributed by atoms with E-state index < -0.39 is 11.7 Å². The van der Waals surface area contributed by atoms with Crippen LogP contribution in [0.5, 0.6) is 0 Å². The number of hydrogen-bond acceptors (Lipinski definition) is 4. The van der Waals surface area contributed by atoms with Crippen LogP contribution in [-0.4, -0.2) is 47.0 Å². The van der Waals surface area contributed by atoms with E-state index in [2.05, 4.69) is 9.97 Å². The number of piperazine rings is 1. The van der Waals surface area contributed by atoms with E-state index in [0.29, 0.717) is 54.5 Å². The lowest BCUT2D eigenvalue weighted by Gasteiger charge is -2.36.